The van der Waals surface area contributed by atoms with Gasteiger partial charge in [0.1, 0.15) is 17.3 Å². The molecule has 0 radical (unpaired) electrons. The number of halogens is 1. The zero-order chi connectivity index (χ0) is 26.3. The van der Waals surface area contributed by atoms with Crippen LogP contribution in [0.15, 0.2) is 30.6 Å². The highest BCUT2D eigenvalue weighted by molar-refractivity contribution is 5.78. The molecule has 0 unspecified atom stereocenters. The van der Waals surface area contributed by atoms with Crippen LogP contribution in [0, 0.1) is 5.82 Å². The van der Waals surface area contributed by atoms with Gasteiger partial charge in [0, 0.05) is 43.8 Å². The molecule has 4 aromatic rings. The van der Waals surface area contributed by atoms with Gasteiger partial charge in [-0.25, -0.2) is 9.37 Å². The van der Waals surface area contributed by atoms with Gasteiger partial charge in [0.15, 0.2) is 17.3 Å². The molecule has 194 valence electrons. The van der Waals surface area contributed by atoms with Gasteiger partial charge in [0.2, 0.25) is 5.95 Å². The van der Waals surface area contributed by atoms with E-state index in [0.29, 0.717) is 53.2 Å². The molecule has 0 spiro atoms. The number of aryl methyl sites for hydroxylation is 1. The van der Waals surface area contributed by atoms with Crippen LogP contribution >= 0.6 is 0 Å². The molecule has 1 aliphatic rings. The average molecular weight is 508 g/mol. The van der Waals surface area contributed by atoms with Crippen LogP contribution in [0.1, 0.15) is 51.5 Å². The van der Waals surface area contributed by atoms with Crippen molar-refractivity contribution >= 4 is 28.7 Å². The minimum atomic E-state index is -0.447. The summed E-state index contributed by atoms with van der Waals surface area (Å²) in [6.07, 6.45) is 4.19. The highest BCUT2D eigenvalue weighted by Crippen LogP contribution is 2.35. The fourth-order valence-electron chi connectivity index (χ4n) is 4.48. The summed E-state index contributed by atoms with van der Waals surface area (Å²) in [5.74, 6) is 1.18. The summed E-state index contributed by atoms with van der Waals surface area (Å²) in [7, 11) is 1.81. The van der Waals surface area contributed by atoms with E-state index in [-0.39, 0.29) is 24.1 Å². The second-order valence-corrected chi connectivity index (χ2v) is 10.3. The number of nitrogens with one attached hydrogen (secondary N) is 1. The maximum atomic E-state index is 15.6. The lowest BCUT2D eigenvalue weighted by Crippen LogP contribution is -2.23. The molecule has 1 saturated heterocycles. The largest absolute Gasteiger partial charge is 0.456 e. The molecule has 5 rings (SSSR count). The van der Waals surface area contributed by atoms with Crippen LogP contribution in [0.2, 0.25) is 0 Å². The van der Waals surface area contributed by atoms with Crippen LogP contribution in [-0.2, 0) is 28.4 Å². The van der Waals surface area contributed by atoms with E-state index >= 15 is 4.39 Å². The minimum Gasteiger partial charge on any atom is -0.456 e. The summed E-state index contributed by atoms with van der Waals surface area (Å²) in [5.41, 5.74) is 1.88. The van der Waals surface area contributed by atoms with Crippen molar-refractivity contribution in [3.05, 3.63) is 47.8 Å². The smallest absolute Gasteiger partial charge is 0.210 e. The van der Waals surface area contributed by atoms with Gasteiger partial charge >= 0.3 is 0 Å². The van der Waals surface area contributed by atoms with Crippen LogP contribution in [0.4, 0.5) is 16.2 Å². The van der Waals surface area contributed by atoms with E-state index in [9.17, 15) is 4.79 Å². The van der Waals surface area contributed by atoms with Gasteiger partial charge in [-0.15, -0.1) is 0 Å². The molecule has 0 amide bonds. The van der Waals surface area contributed by atoms with E-state index in [1.54, 1.807) is 39.8 Å². The number of Topliss-reactive ketones (excluding diaryl/α,β-unsaturated/α-hetero) is 1. The Morgan fingerprint density at radius 1 is 1.27 bits per heavy atom. The fraction of sp³-hybridized carbons (Fsp3) is 0.423. The molecule has 1 N–H and O–H groups in total. The monoisotopic (exact) mass is 507 g/mol. The number of carbonyl (C=O) groups excluding carboxylic acids is 1. The highest BCUT2D eigenvalue weighted by Gasteiger charge is 2.33. The van der Waals surface area contributed by atoms with Crippen LogP contribution < -0.4 is 10.1 Å². The Labute approximate surface area is 213 Å². The summed E-state index contributed by atoms with van der Waals surface area (Å²) in [6.45, 7) is 8.57. The average Bonchev–Trinajstić information content (AvgIpc) is 3.53. The van der Waals surface area contributed by atoms with Crippen LogP contribution in [0.5, 0.6) is 11.5 Å². The molecule has 11 heteroatoms. The van der Waals surface area contributed by atoms with Crippen molar-refractivity contribution in [1.82, 2.24) is 29.3 Å². The Morgan fingerprint density at radius 3 is 2.78 bits per heavy atom. The molecule has 10 nitrogen and oxygen atoms in total. The molecule has 5 heterocycles. The summed E-state index contributed by atoms with van der Waals surface area (Å²) in [4.78, 5) is 24.6. The third-order valence-electron chi connectivity index (χ3n) is 6.21. The Bertz CT molecular complexity index is 1470. The third kappa shape index (κ3) is 5.04. The lowest BCUT2D eigenvalue weighted by Gasteiger charge is -2.22. The zero-order valence-corrected chi connectivity index (χ0v) is 21.6. The van der Waals surface area contributed by atoms with Crippen molar-refractivity contribution in [3.63, 3.8) is 0 Å². The molecule has 1 aliphatic heterocycles. The normalized spacial score (nSPS) is 15.9. The first-order chi connectivity index (χ1) is 17.6. The summed E-state index contributed by atoms with van der Waals surface area (Å²) < 4.78 is 30.7. The van der Waals surface area contributed by atoms with Crippen molar-refractivity contribution < 1.29 is 18.7 Å². The number of anilines is 2. The van der Waals surface area contributed by atoms with Crippen molar-refractivity contribution in [2.45, 2.75) is 52.0 Å². The number of carbonyl (C=O) groups is 1. The van der Waals surface area contributed by atoms with Crippen molar-refractivity contribution in [2.75, 3.05) is 18.5 Å². The first-order valence-electron chi connectivity index (χ1n) is 12.2. The van der Waals surface area contributed by atoms with Crippen molar-refractivity contribution in [2.24, 2.45) is 7.05 Å². The van der Waals surface area contributed by atoms with E-state index in [0.717, 1.165) is 6.42 Å². The number of nitrogens with zero attached hydrogens (tertiary/aromatic N) is 6. The Morgan fingerprint density at radius 2 is 2.08 bits per heavy atom. The number of rotatable bonds is 7. The molecule has 0 aromatic carbocycles. The van der Waals surface area contributed by atoms with Gasteiger partial charge in [-0.1, -0.05) is 20.8 Å². The summed E-state index contributed by atoms with van der Waals surface area (Å²) in [6, 6.07) is 5.23. The molecule has 0 bridgehead atoms. The van der Waals surface area contributed by atoms with Crippen molar-refractivity contribution in [1.29, 1.82) is 0 Å². The number of imidazole rings is 1. The molecule has 0 saturated carbocycles. The zero-order valence-electron chi connectivity index (χ0n) is 21.6. The number of hydrogen-bond donors (Lipinski definition) is 1. The number of aromatic nitrogens is 6. The second kappa shape index (κ2) is 9.55. The van der Waals surface area contributed by atoms with Gasteiger partial charge in [-0.05, 0) is 19.4 Å². The maximum absolute atomic E-state index is 15.6. The van der Waals surface area contributed by atoms with Gasteiger partial charge < -0.3 is 19.4 Å². The first kappa shape index (κ1) is 24.8. The predicted octanol–water partition coefficient (Wildman–Crippen LogP) is 4.63. The minimum absolute atomic E-state index is 0.00904. The third-order valence-corrected chi connectivity index (χ3v) is 6.21. The highest BCUT2D eigenvalue weighted by atomic mass is 19.1. The standard InChI is InChI=1S/C26H30FN7O3/c1-15(35)10-16-11-18(6-8-28-16)37-19-12-20-23(29-13-19)30-25(33(20)5)31-24-21(27)22(26(2,3)4)34(32-24)17-7-9-36-14-17/h6,8,11-13,17H,7,9-10,14H2,1-5H3,(H,29,30,31,32)/t17-/m0/s1. The second-order valence-electron chi connectivity index (χ2n) is 10.3. The Balaban J connectivity index is 1.43. The lowest BCUT2D eigenvalue weighted by atomic mass is 9.91. The van der Waals surface area contributed by atoms with Crippen LogP contribution in [0.25, 0.3) is 11.2 Å². The lowest BCUT2D eigenvalue weighted by molar-refractivity contribution is -0.116. The first-order valence-corrected chi connectivity index (χ1v) is 12.2. The number of pyridine rings is 2. The molecule has 1 atom stereocenters. The molecule has 37 heavy (non-hydrogen) atoms. The number of hydrogen-bond acceptors (Lipinski definition) is 8. The summed E-state index contributed by atoms with van der Waals surface area (Å²) in [5, 5.41) is 7.65. The van der Waals surface area contributed by atoms with Crippen LogP contribution in [-0.4, -0.2) is 48.3 Å². The van der Waals surface area contributed by atoms with E-state index < -0.39 is 11.2 Å². The molecule has 4 aromatic heterocycles. The molecular formula is C26H30FN7O3. The maximum Gasteiger partial charge on any atom is 0.210 e. The SMILES string of the molecule is CC(=O)Cc1cc(Oc2cnc3nc(Nc4nn([C@H]5CCOC5)c(C(C)(C)C)c4F)n(C)c3c2)ccn1. The van der Waals surface area contributed by atoms with Gasteiger partial charge in [-0.3, -0.25) is 14.5 Å². The van der Waals surface area contributed by atoms with Crippen molar-refractivity contribution in [3.8, 4) is 11.5 Å². The van der Waals surface area contributed by atoms with E-state index in [4.69, 9.17) is 9.47 Å². The molecular weight excluding hydrogens is 477 g/mol. The molecule has 0 aliphatic carbocycles. The Hall–Kier alpha value is -3.86. The van der Waals surface area contributed by atoms with E-state index in [1.165, 1.54) is 6.92 Å². The number of fused-ring (bicyclic) bond motifs is 1. The van der Waals surface area contributed by atoms with Crippen LogP contribution in [0.3, 0.4) is 0 Å². The van der Waals surface area contributed by atoms with Gasteiger partial charge in [-0.2, -0.15) is 10.1 Å². The topological polar surface area (TPSA) is 109 Å². The van der Waals surface area contributed by atoms with Gasteiger partial charge in [0.25, 0.3) is 0 Å². The predicted molar refractivity (Wildman–Crippen MR) is 136 cm³/mol. The quantitative estimate of drug-likeness (QED) is 0.386. The molecule has 1 fully saturated rings. The van der Waals surface area contributed by atoms with E-state index in [2.05, 4.69) is 25.4 Å². The van der Waals surface area contributed by atoms with E-state index in [1.807, 2.05) is 27.8 Å². The number of ether oxygens (including phenoxy) is 2. The Kier molecular flexibility index (Phi) is 6.40. The number of ketones is 1. The summed E-state index contributed by atoms with van der Waals surface area (Å²) >= 11 is 0. The fourth-order valence-corrected chi connectivity index (χ4v) is 4.48. The van der Waals surface area contributed by atoms with Gasteiger partial charge in [0.05, 0.1) is 35.8 Å².